The lowest BCUT2D eigenvalue weighted by Crippen LogP contribution is -2.61. The van der Waals surface area contributed by atoms with Crippen molar-refractivity contribution >= 4 is 5.91 Å². The van der Waals surface area contributed by atoms with E-state index in [0.29, 0.717) is 0 Å². The standard InChI is InChI=1S/C13H18N2O/c1-13(12(16)14-9-10-15-13)8-7-11-5-3-2-4-6-11/h2-6,15H,7-10H2,1H3,(H,14,16). The van der Waals surface area contributed by atoms with Gasteiger partial charge in [0, 0.05) is 13.1 Å². The molecule has 2 rings (SSSR count). The minimum atomic E-state index is -0.409. The van der Waals surface area contributed by atoms with E-state index in [4.69, 9.17) is 0 Å². The van der Waals surface area contributed by atoms with Gasteiger partial charge in [0.05, 0.1) is 5.54 Å². The van der Waals surface area contributed by atoms with Gasteiger partial charge in [-0.25, -0.2) is 0 Å². The van der Waals surface area contributed by atoms with Crippen molar-refractivity contribution in [2.75, 3.05) is 13.1 Å². The highest BCUT2D eigenvalue weighted by Gasteiger charge is 2.34. The Morgan fingerprint density at radius 2 is 2.00 bits per heavy atom. The molecule has 1 amide bonds. The van der Waals surface area contributed by atoms with Gasteiger partial charge in [-0.3, -0.25) is 4.79 Å². The minimum Gasteiger partial charge on any atom is -0.353 e. The van der Waals surface area contributed by atoms with Crippen molar-refractivity contribution in [1.82, 2.24) is 10.6 Å². The number of carbonyl (C=O) groups is 1. The molecule has 0 aliphatic carbocycles. The van der Waals surface area contributed by atoms with E-state index in [0.717, 1.165) is 25.9 Å². The smallest absolute Gasteiger partial charge is 0.240 e. The molecule has 1 aromatic rings. The molecule has 0 radical (unpaired) electrons. The van der Waals surface area contributed by atoms with Crippen molar-refractivity contribution in [2.24, 2.45) is 0 Å². The molecule has 16 heavy (non-hydrogen) atoms. The van der Waals surface area contributed by atoms with Crippen molar-refractivity contribution in [2.45, 2.75) is 25.3 Å². The average Bonchev–Trinajstić information content (AvgIpc) is 2.32. The van der Waals surface area contributed by atoms with Gasteiger partial charge in [-0.05, 0) is 25.3 Å². The summed E-state index contributed by atoms with van der Waals surface area (Å²) < 4.78 is 0. The summed E-state index contributed by atoms with van der Waals surface area (Å²) in [5.74, 6) is 0.120. The van der Waals surface area contributed by atoms with Gasteiger partial charge in [0.25, 0.3) is 0 Å². The van der Waals surface area contributed by atoms with Crippen LogP contribution in [0.2, 0.25) is 0 Å². The Morgan fingerprint density at radius 3 is 2.69 bits per heavy atom. The van der Waals surface area contributed by atoms with Crippen LogP contribution in [0, 0.1) is 0 Å². The Balaban J connectivity index is 1.96. The summed E-state index contributed by atoms with van der Waals surface area (Å²) in [5, 5.41) is 6.21. The molecule has 1 atom stereocenters. The van der Waals surface area contributed by atoms with Crippen molar-refractivity contribution in [3.05, 3.63) is 35.9 Å². The SMILES string of the molecule is CC1(CCc2ccccc2)NCCNC1=O. The zero-order chi connectivity index (χ0) is 11.4. The molecule has 1 aliphatic rings. The van der Waals surface area contributed by atoms with Crippen molar-refractivity contribution < 1.29 is 4.79 Å². The van der Waals surface area contributed by atoms with Gasteiger partial charge < -0.3 is 10.6 Å². The number of rotatable bonds is 3. The molecule has 1 aromatic carbocycles. The van der Waals surface area contributed by atoms with Crippen molar-refractivity contribution in [1.29, 1.82) is 0 Å². The first-order valence-electron chi connectivity index (χ1n) is 5.78. The van der Waals surface area contributed by atoms with E-state index in [9.17, 15) is 4.79 Å². The van der Waals surface area contributed by atoms with Gasteiger partial charge >= 0.3 is 0 Å². The van der Waals surface area contributed by atoms with Gasteiger partial charge in [-0.2, -0.15) is 0 Å². The summed E-state index contributed by atoms with van der Waals surface area (Å²) in [4.78, 5) is 11.8. The van der Waals surface area contributed by atoms with Crippen LogP contribution < -0.4 is 10.6 Å². The summed E-state index contributed by atoms with van der Waals surface area (Å²) in [6, 6.07) is 10.3. The van der Waals surface area contributed by atoms with Crippen LogP contribution >= 0.6 is 0 Å². The second kappa shape index (κ2) is 4.66. The first-order valence-corrected chi connectivity index (χ1v) is 5.78. The van der Waals surface area contributed by atoms with E-state index in [2.05, 4.69) is 22.8 Å². The van der Waals surface area contributed by atoms with Crippen LogP contribution in [-0.4, -0.2) is 24.5 Å². The van der Waals surface area contributed by atoms with Gasteiger partial charge in [-0.15, -0.1) is 0 Å². The number of aryl methyl sites for hydroxylation is 1. The number of amides is 1. The first kappa shape index (κ1) is 11.1. The zero-order valence-corrected chi connectivity index (χ0v) is 9.62. The van der Waals surface area contributed by atoms with Crippen molar-refractivity contribution in [3.8, 4) is 0 Å². The molecule has 3 heteroatoms. The molecule has 1 saturated heterocycles. The molecule has 86 valence electrons. The highest BCUT2D eigenvalue weighted by atomic mass is 16.2. The third-order valence-electron chi connectivity index (χ3n) is 3.18. The summed E-state index contributed by atoms with van der Waals surface area (Å²) >= 11 is 0. The highest BCUT2D eigenvalue weighted by Crippen LogP contribution is 2.16. The molecule has 1 heterocycles. The average molecular weight is 218 g/mol. The van der Waals surface area contributed by atoms with Gasteiger partial charge in [0.1, 0.15) is 0 Å². The highest BCUT2D eigenvalue weighted by molar-refractivity contribution is 5.86. The third-order valence-corrected chi connectivity index (χ3v) is 3.18. The Labute approximate surface area is 96.2 Å². The maximum absolute atomic E-state index is 11.8. The maximum Gasteiger partial charge on any atom is 0.240 e. The number of hydrogen-bond donors (Lipinski definition) is 2. The van der Waals surface area contributed by atoms with E-state index >= 15 is 0 Å². The Hall–Kier alpha value is -1.35. The van der Waals surface area contributed by atoms with E-state index in [1.54, 1.807) is 0 Å². The summed E-state index contributed by atoms with van der Waals surface area (Å²) in [6.45, 7) is 3.57. The molecule has 1 aliphatic heterocycles. The topological polar surface area (TPSA) is 41.1 Å². The fourth-order valence-corrected chi connectivity index (χ4v) is 2.03. The predicted molar refractivity (Wildman–Crippen MR) is 64.2 cm³/mol. The molecule has 3 nitrogen and oxygen atoms in total. The zero-order valence-electron chi connectivity index (χ0n) is 9.62. The van der Waals surface area contributed by atoms with Gasteiger partial charge in [-0.1, -0.05) is 30.3 Å². The molecule has 1 unspecified atom stereocenters. The molecule has 0 spiro atoms. The molecule has 0 saturated carbocycles. The molecule has 2 N–H and O–H groups in total. The first-order chi connectivity index (χ1) is 7.71. The third kappa shape index (κ3) is 2.42. The fraction of sp³-hybridized carbons (Fsp3) is 0.462. The lowest BCUT2D eigenvalue weighted by atomic mass is 9.91. The maximum atomic E-state index is 11.8. The lowest BCUT2D eigenvalue weighted by molar-refractivity contribution is -0.128. The number of nitrogens with one attached hydrogen (secondary N) is 2. The Bertz CT molecular complexity index is 363. The summed E-state index contributed by atoms with van der Waals surface area (Å²) in [5.41, 5.74) is 0.873. The van der Waals surface area contributed by atoms with Crippen LogP contribution in [0.3, 0.4) is 0 Å². The van der Waals surface area contributed by atoms with Crippen LogP contribution in [0.5, 0.6) is 0 Å². The van der Waals surface area contributed by atoms with Crippen LogP contribution in [0.25, 0.3) is 0 Å². The molecule has 1 fully saturated rings. The van der Waals surface area contributed by atoms with E-state index in [1.165, 1.54) is 5.56 Å². The molecular weight excluding hydrogens is 200 g/mol. The monoisotopic (exact) mass is 218 g/mol. The summed E-state index contributed by atoms with van der Waals surface area (Å²) in [7, 11) is 0. The van der Waals surface area contributed by atoms with E-state index in [-0.39, 0.29) is 5.91 Å². The molecular formula is C13H18N2O. The van der Waals surface area contributed by atoms with Crippen LogP contribution in [0.15, 0.2) is 30.3 Å². The number of hydrogen-bond acceptors (Lipinski definition) is 2. The van der Waals surface area contributed by atoms with E-state index in [1.807, 2.05) is 25.1 Å². The Kier molecular flexibility index (Phi) is 3.25. The summed E-state index contributed by atoms with van der Waals surface area (Å²) in [6.07, 6.45) is 1.76. The second-order valence-corrected chi connectivity index (χ2v) is 4.50. The van der Waals surface area contributed by atoms with E-state index < -0.39 is 5.54 Å². The van der Waals surface area contributed by atoms with Crippen molar-refractivity contribution in [3.63, 3.8) is 0 Å². The number of piperazine rings is 1. The molecule has 0 aromatic heterocycles. The second-order valence-electron chi connectivity index (χ2n) is 4.50. The number of benzene rings is 1. The fourth-order valence-electron chi connectivity index (χ4n) is 2.03. The van der Waals surface area contributed by atoms with Crippen LogP contribution in [0.4, 0.5) is 0 Å². The number of carbonyl (C=O) groups excluding carboxylic acids is 1. The van der Waals surface area contributed by atoms with Crippen LogP contribution in [-0.2, 0) is 11.2 Å². The van der Waals surface area contributed by atoms with Gasteiger partial charge in [0.15, 0.2) is 0 Å². The van der Waals surface area contributed by atoms with Gasteiger partial charge in [0.2, 0.25) is 5.91 Å². The Morgan fingerprint density at radius 1 is 1.25 bits per heavy atom. The predicted octanol–water partition coefficient (Wildman–Crippen LogP) is 1.10. The lowest BCUT2D eigenvalue weighted by Gasteiger charge is -2.33. The normalized spacial score (nSPS) is 25.2. The van der Waals surface area contributed by atoms with Crippen LogP contribution in [0.1, 0.15) is 18.9 Å². The largest absolute Gasteiger partial charge is 0.353 e. The molecule has 0 bridgehead atoms. The quantitative estimate of drug-likeness (QED) is 0.797. The minimum absolute atomic E-state index is 0.120.